The first-order valence-electron chi connectivity index (χ1n) is 5.08. The molecule has 0 unspecified atom stereocenters. The van der Waals surface area contributed by atoms with Crippen LogP contribution in [0, 0.1) is 0 Å². The van der Waals surface area contributed by atoms with E-state index in [4.69, 9.17) is 11.6 Å². The highest BCUT2D eigenvalue weighted by molar-refractivity contribution is 7.21. The monoisotopic (exact) mass is 261 g/mol. The molecule has 0 aliphatic heterocycles. The van der Waals surface area contributed by atoms with Crippen molar-refractivity contribution in [3.05, 3.63) is 47.5 Å². The minimum Gasteiger partial charge on any atom is -0.508 e. The van der Waals surface area contributed by atoms with Gasteiger partial charge in [0.05, 0.1) is 10.2 Å². The van der Waals surface area contributed by atoms with Gasteiger partial charge >= 0.3 is 0 Å². The van der Waals surface area contributed by atoms with Crippen LogP contribution in [0.5, 0.6) is 5.75 Å². The minimum absolute atomic E-state index is 0.241. The smallest absolute Gasteiger partial charge is 0.124 e. The van der Waals surface area contributed by atoms with Crippen LogP contribution in [0.15, 0.2) is 42.5 Å². The third-order valence-corrected chi connectivity index (χ3v) is 3.80. The third-order valence-electron chi connectivity index (χ3n) is 2.46. The van der Waals surface area contributed by atoms with Crippen LogP contribution in [-0.2, 0) is 0 Å². The van der Waals surface area contributed by atoms with E-state index in [9.17, 15) is 5.11 Å². The Hall–Kier alpha value is -1.58. The summed E-state index contributed by atoms with van der Waals surface area (Å²) in [5.74, 6) is 0.241. The topological polar surface area (TPSA) is 33.1 Å². The molecule has 0 atom stereocenters. The summed E-state index contributed by atoms with van der Waals surface area (Å²) in [7, 11) is 0. The van der Waals surface area contributed by atoms with Gasteiger partial charge in [-0.15, -0.1) is 11.3 Å². The maximum atomic E-state index is 9.39. The summed E-state index contributed by atoms with van der Waals surface area (Å²) in [6, 6.07) is 12.8. The number of halogens is 1. The van der Waals surface area contributed by atoms with Gasteiger partial charge in [-0.25, -0.2) is 4.98 Å². The molecular formula is C13H8ClNOS. The summed E-state index contributed by atoms with van der Waals surface area (Å²) in [5, 5.41) is 11.0. The molecule has 0 aliphatic rings. The summed E-state index contributed by atoms with van der Waals surface area (Å²) < 4.78 is 1.06. The Balaban J connectivity index is 2.14. The molecule has 17 heavy (non-hydrogen) atoms. The van der Waals surface area contributed by atoms with Crippen LogP contribution in [0.25, 0.3) is 20.8 Å². The Kier molecular flexibility index (Phi) is 2.50. The highest BCUT2D eigenvalue weighted by atomic mass is 35.5. The van der Waals surface area contributed by atoms with Gasteiger partial charge in [-0.3, -0.25) is 0 Å². The van der Waals surface area contributed by atoms with Crippen LogP contribution in [-0.4, -0.2) is 10.1 Å². The number of rotatable bonds is 1. The minimum atomic E-state index is 0.241. The summed E-state index contributed by atoms with van der Waals surface area (Å²) in [5.41, 5.74) is 1.86. The van der Waals surface area contributed by atoms with Gasteiger partial charge in [0.2, 0.25) is 0 Å². The summed E-state index contributed by atoms with van der Waals surface area (Å²) in [6.07, 6.45) is 0. The van der Waals surface area contributed by atoms with Crippen LogP contribution in [0.2, 0.25) is 5.02 Å². The number of nitrogens with zero attached hydrogens (tertiary/aromatic N) is 1. The Bertz CT molecular complexity index is 675. The average Bonchev–Trinajstić information content (AvgIpc) is 2.72. The number of aromatic nitrogens is 1. The van der Waals surface area contributed by atoms with Crippen molar-refractivity contribution >= 4 is 33.2 Å². The van der Waals surface area contributed by atoms with Crippen molar-refractivity contribution in [3.8, 4) is 16.3 Å². The van der Waals surface area contributed by atoms with Crippen LogP contribution >= 0.6 is 22.9 Å². The second-order valence-corrected chi connectivity index (χ2v) is 5.15. The van der Waals surface area contributed by atoms with Crippen molar-refractivity contribution in [3.63, 3.8) is 0 Å². The maximum absolute atomic E-state index is 9.39. The van der Waals surface area contributed by atoms with Crippen molar-refractivity contribution in [2.24, 2.45) is 0 Å². The number of benzene rings is 2. The third kappa shape index (κ3) is 1.99. The van der Waals surface area contributed by atoms with E-state index in [-0.39, 0.29) is 5.75 Å². The highest BCUT2D eigenvalue weighted by Crippen LogP contribution is 2.32. The van der Waals surface area contributed by atoms with E-state index < -0.39 is 0 Å². The summed E-state index contributed by atoms with van der Waals surface area (Å²) in [4.78, 5) is 4.49. The number of hydrogen-bond acceptors (Lipinski definition) is 3. The first-order valence-corrected chi connectivity index (χ1v) is 6.27. The lowest BCUT2D eigenvalue weighted by Gasteiger charge is -1.94. The van der Waals surface area contributed by atoms with Gasteiger partial charge < -0.3 is 5.11 Å². The lowest BCUT2D eigenvalue weighted by Crippen LogP contribution is -1.74. The molecule has 1 N–H and O–H groups in total. The molecule has 3 rings (SSSR count). The van der Waals surface area contributed by atoms with Crippen molar-refractivity contribution in [1.82, 2.24) is 4.98 Å². The first kappa shape index (κ1) is 10.6. The molecule has 0 amide bonds. The molecule has 2 aromatic carbocycles. The molecular weight excluding hydrogens is 254 g/mol. The van der Waals surface area contributed by atoms with Crippen LogP contribution in [0.4, 0.5) is 0 Å². The average molecular weight is 262 g/mol. The SMILES string of the molecule is Oc1ccc2sc(-c3ccc(Cl)cc3)nc2c1. The number of aromatic hydroxyl groups is 1. The van der Waals surface area contributed by atoms with E-state index in [1.165, 1.54) is 0 Å². The van der Waals surface area contributed by atoms with Gasteiger partial charge in [-0.05, 0) is 24.3 Å². The standard InChI is InChI=1S/C13H8ClNOS/c14-9-3-1-8(2-4-9)13-15-11-7-10(16)5-6-12(11)17-13/h1-7,16H. The molecule has 0 aliphatic carbocycles. The van der Waals surface area contributed by atoms with E-state index in [0.717, 1.165) is 20.8 Å². The lowest BCUT2D eigenvalue weighted by molar-refractivity contribution is 0.476. The van der Waals surface area contributed by atoms with Gasteiger partial charge in [0, 0.05) is 16.7 Å². The molecule has 84 valence electrons. The Morgan fingerprint density at radius 1 is 1.06 bits per heavy atom. The molecule has 0 saturated carbocycles. The Labute approximate surface area is 107 Å². The summed E-state index contributed by atoms with van der Waals surface area (Å²) >= 11 is 7.45. The van der Waals surface area contributed by atoms with Gasteiger partial charge in [0.1, 0.15) is 10.8 Å². The quantitative estimate of drug-likeness (QED) is 0.708. The van der Waals surface area contributed by atoms with Crippen molar-refractivity contribution in [2.75, 3.05) is 0 Å². The molecule has 0 spiro atoms. The van der Waals surface area contributed by atoms with Gasteiger partial charge in [-0.1, -0.05) is 23.7 Å². The van der Waals surface area contributed by atoms with Crippen LogP contribution < -0.4 is 0 Å². The number of phenolic OH excluding ortho intramolecular Hbond substituents is 1. The molecule has 0 bridgehead atoms. The van der Waals surface area contributed by atoms with E-state index in [0.29, 0.717) is 5.02 Å². The molecule has 0 fully saturated rings. The normalized spacial score (nSPS) is 10.9. The number of phenols is 1. The predicted octanol–water partition coefficient (Wildman–Crippen LogP) is 4.32. The fourth-order valence-electron chi connectivity index (χ4n) is 1.63. The second kappa shape index (κ2) is 4.02. The van der Waals surface area contributed by atoms with Gasteiger partial charge in [0.15, 0.2) is 0 Å². The van der Waals surface area contributed by atoms with Crippen LogP contribution in [0.3, 0.4) is 0 Å². The second-order valence-electron chi connectivity index (χ2n) is 3.68. The van der Waals surface area contributed by atoms with E-state index >= 15 is 0 Å². The van der Waals surface area contributed by atoms with Crippen molar-refractivity contribution in [2.45, 2.75) is 0 Å². The zero-order valence-electron chi connectivity index (χ0n) is 8.72. The fourth-order valence-corrected chi connectivity index (χ4v) is 2.71. The zero-order chi connectivity index (χ0) is 11.8. The molecule has 1 heterocycles. The number of fused-ring (bicyclic) bond motifs is 1. The Morgan fingerprint density at radius 2 is 1.82 bits per heavy atom. The largest absolute Gasteiger partial charge is 0.508 e. The zero-order valence-corrected chi connectivity index (χ0v) is 10.3. The van der Waals surface area contributed by atoms with Gasteiger partial charge in [0.25, 0.3) is 0 Å². The van der Waals surface area contributed by atoms with E-state index in [2.05, 4.69) is 4.98 Å². The molecule has 3 aromatic rings. The number of hydrogen-bond donors (Lipinski definition) is 1. The molecule has 4 heteroatoms. The highest BCUT2D eigenvalue weighted by Gasteiger charge is 2.06. The molecule has 0 radical (unpaired) electrons. The molecule has 2 nitrogen and oxygen atoms in total. The number of thiazole rings is 1. The molecule has 1 aromatic heterocycles. The van der Waals surface area contributed by atoms with Gasteiger partial charge in [-0.2, -0.15) is 0 Å². The lowest BCUT2D eigenvalue weighted by atomic mass is 10.2. The first-order chi connectivity index (χ1) is 8.22. The summed E-state index contributed by atoms with van der Waals surface area (Å²) in [6.45, 7) is 0. The Morgan fingerprint density at radius 3 is 2.59 bits per heavy atom. The predicted molar refractivity (Wildman–Crippen MR) is 71.7 cm³/mol. The fraction of sp³-hybridized carbons (Fsp3) is 0. The van der Waals surface area contributed by atoms with E-state index in [1.807, 2.05) is 30.3 Å². The van der Waals surface area contributed by atoms with Crippen LogP contribution in [0.1, 0.15) is 0 Å². The van der Waals surface area contributed by atoms with Crippen molar-refractivity contribution < 1.29 is 5.11 Å². The molecule has 0 saturated heterocycles. The maximum Gasteiger partial charge on any atom is 0.124 e. The van der Waals surface area contributed by atoms with Crippen molar-refractivity contribution in [1.29, 1.82) is 0 Å². The van der Waals surface area contributed by atoms with E-state index in [1.54, 1.807) is 23.5 Å².